The molecule has 0 amide bonds. The highest BCUT2D eigenvalue weighted by molar-refractivity contribution is 5.51. The molecule has 1 N–H and O–H groups in total. The van der Waals surface area contributed by atoms with Crippen molar-refractivity contribution in [1.29, 1.82) is 0 Å². The Morgan fingerprint density at radius 1 is 1.05 bits per heavy atom. The third-order valence-electron chi connectivity index (χ3n) is 3.99. The first-order chi connectivity index (χ1) is 10.3. The Bertz CT molecular complexity index is 592. The fourth-order valence-electron chi connectivity index (χ4n) is 2.86. The van der Waals surface area contributed by atoms with Crippen molar-refractivity contribution < 1.29 is 5.11 Å². The molecule has 0 bridgehead atoms. The summed E-state index contributed by atoms with van der Waals surface area (Å²) >= 11 is 0. The Labute approximate surface area is 125 Å². The summed E-state index contributed by atoms with van der Waals surface area (Å²) in [6, 6.07) is 12.6. The van der Waals surface area contributed by atoms with Crippen molar-refractivity contribution in [2.24, 2.45) is 0 Å². The number of piperazine rings is 1. The number of para-hydroxylation sites is 1. The Kier molecular flexibility index (Phi) is 4.06. The number of pyridine rings is 1. The van der Waals surface area contributed by atoms with E-state index in [-0.39, 0.29) is 6.61 Å². The predicted octanol–water partition coefficient (Wildman–Crippen LogP) is 2.21. The van der Waals surface area contributed by atoms with Gasteiger partial charge in [0.25, 0.3) is 0 Å². The average Bonchev–Trinajstić information content (AvgIpc) is 2.56. The van der Waals surface area contributed by atoms with Gasteiger partial charge in [-0.1, -0.05) is 18.2 Å². The van der Waals surface area contributed by atoms with E-state index in [0.717, 1.165) is 43.1 Å². The minimum absolute atomic E-state index is 0.0515. The van der Waals surface area contributed by atoms with Crippen LogP contribution in [0, 0.1) is 6.92 Å². The smallest absolute Gasteiger partial charge is 0.131 e. The molecule has 0 spiro atoms. The van der Waals surface area contributed by atoms with E-state index >= 15 is 0 Å². The lowest BCUT2D eigenvalue weighted by Gasteiger charge is -2.37. The maximum Gasteiger partial charge on any atom is 0.131 e. The van der Waals surface area contributed by atoms with E-state index in [1.807, 2.05) is 6.07 Å². The van der Waals surface area contributed by atoms with Crippen LogP contribution in [0.4, 0.5) is 11.5 Å². The van der Waals surface area contributed by atoms with E-state index in [1.165, 1.54) is 5.69 Å². The van der Waals surface area contributed by atoms with Crippen LogP contribution in [0.25, 0.3) is 0 Å². The number of nitrogens with zero attached hydrogens (tertiary/aromatic N) is 3. The first kappa shape index (κ1) is 13.9. The van der Waals surface area contributed by atoms with Gasteiger partial charge in [0.1, 0.15) is 5.82 Å². The number of hydrogen-bond donors (Lipinski definition) is 1. The molecule has 1 fully saturated rings. The molecule has 4 nitrogen and oxygen atoms in total. The summed E-state index contributed by atoms with van der Waals surface area (Å²) < 4.78 is 0. The van der Waals surface area contributed by atoms with E-state index in [9.17, 15) is 0 Å². The second kappa shape index (κ2) is 6.14. The molecule has 0 unspecified atom stereocenters. The van der Waals surface area contributed by atoms with Gasteiger partial charge in [-0.25, -0.2) is 4.98 Å². The highest BCUT2D eigenvalue weighted by Gasteiger charge is 2.19. The van der Waals surface area contributed by atoms with Crippen molar-refractivity contribution in [3.8, 4) is 0 Å². The second-order valence-electron chi connectivity index (χ2n) is 5.45. The summed E-state index contributed by atoms with van der Waals surface area (Å²) in [5, 5.41) is 9.16. The summed E-state index contributed by atoms with van der Waals surface area (Å²) in [6.45, 7) is 6.07. The van der Waals surface area contributed by atoms with Crippen molar-refractivity contribution in [2.45, 2.75) is 13.5 Å². The molecule has 110 valence electrons. The van der Waals surface area contributed by atoms with Crippen LogP contribution in [-0.2, 0) is 6.61 Å². The van der Waals surface area contributed by atoms with Gasteiger partial charge in [0.05, 0.1) is 6.61 Å². The predicted molar refractivity (Wildman–Crippen MR) is 85.8 cm³/mol. The molecule has 3 rings (SSSR count). The van der Waals surface area contributed by atoms with Crippen LogP contribution in [0.2, 0.25) is 0 Å². The van der Waals surface area contributed by atoms with Gasteiger partial charge in [0, 0.05) is 38.1 Å². The van der Waals surface area contributed by atoms with Gasteiger partial charge in [-0.2, -0.15) is 0 Å². The van der Waals surface area contributed by atoms with Gasteiger partial charge in [-0.3, -0.25) is 0 Å². The van der Waals surface area contributed by atoms with Crippen LogP contribution in [-0.4, -0.2) is 36.3 Å². The van der Waals surface area contributed by atoms with Crippen LogP contribution in [0.15, 0.2) is 42.6 Å². The van der Waals surface area contributed by atoms with Gasteiger partial charge in [0.15, 0.2) is 0 Å². The molecule has 1 aliphatic rings. The molecule has 1 aromatic heterocycles. The van der Waals surface area contributed by atoms with Crippen molar-refractivity contribution in [3.05, 3.63) is 53.7 Å². The van der Waals surface area contributed by atoms with Gasteiger partial charge in [-0.05, 0) is 36.2 Å². The fraction of sp³-hybridized carbons (Fsp3) is 0.353. The summed E-state index contributed by atoms with van der Waals surface area (Å²) in [6.07, 6.45) is 1.77. The first-order valence-corrected chi connectivity index (χ1v) is 7.39. The molecule has 21 heavy (non-hydrogen) atoms. The topological polar surface area (TPSA) is 39.6 Å². The zero-order valence-corrected chi connectivity index (χ0v) is 12.4. The molecular formula is C17H21N3O. The molecule has 2 aromatic rings. The lowest BCUT2D eigenvalue weighted by Crippen LogP contribution is -2.47. The SMILES string of the molecule is Cc1cc(CO)cnc1N1CCN(c2ccccc2)CC1. The zero-order chi connectivity index (χ0) is 14.7. The van der Waals surface area contributed by atoms with Crippen LogP contribution < -0.4 is 9.80 Å². The summed E-state index contributed by atoms with van der Waals surface area (Å²) in [7, 11) is 0. The number of aliphatic hydroxyl groups is 1. The molecular weight excluding hydrogens is 262 g/mol. The fourth-order valence-corrected chi connectivity index (χ4v) is 2.86. The van der Waals surface area contributed by atoms with Crippen molar-refractivity contribution in [3.63, 3.8) is 0 Å². The van der Waals surface area contributed by atoms with Crippen LogP contribution in [0.1, 0.15) is 11.1 Å². The maximum atomic E-state index is 9.16. The molecule has 0 aliphatic carbocycles. The van der Waals surface area contributed by atoms with Crippen molar-refractivity contribution in [1.82, 2.24) is 4.98 Å². The number of rotatable bonds is 3. The minimum Gasteiger partial charge on any atom is -0.392 e. The Balaban J connectivity index is 1.68. The van der Waals surface area contributed by atoms with E-state index in [0.29, 0.717) is 0 Å². The van der Waals surface area contributed by atoms with E-state index in [2.05, 4.69) is 52.0 Å². The zero-order valence-electron chi connectivity index (χ0n) is 12.4. The van der Waals surface area contributed by atoms with Crippen molar-refractivity contribution in [2.75, 3.05) is 36.0 Å². The highest BCUT2D eigenvalue weighted by Crippen LogP contribution is 2.22. The van der Waals surface area contributed by atoms with Crippen LogP contribution >= 0.6 is 0 Å². The van der Waals surface area contributed by atoms with Crippen molar-refractivity contribution >= 4 is 11.5 Å². The monoisotopic (exact) mass is 283 g/mol. The number of benzene rings is 1. The Morgan fingerprint density at radius 2 is 1.71 bits per heavy atom. The molecule has 4 heteroatoms. The normalized spacial score (nSPS) is 15.3. The summed E-state index contributed by atoms with van der Waals surface area (Å²) in [4.78, 5) is 9.26. The average molecular weight is 283 g/mol. The summed E-state index contributed by atoms with van der Waals surface area (Å²) in [5.74, 6) is 1.04. The first-order valence-electron chi connectivity index (χ1n) is 7.39. The van der Waals surface area contributed by atoms with E-state index in [1.54, 1.807) is 6.20 Å². The van der Waals surface area contributed by atoms with Gasteiger partial charge >= 0.3 is 0 Å². The minimum atomic E-state index is 0.0515. The molecule has 1 aromatic carbocycles. The molecule has 1 aliphatic heterocycles. The Morgan fingerprint density at radius 3 is 2.33 bits per heavy atom. The van der Waals surface area contributed by atoms with Gasteiger partial charge in [-0.15, -0.1) is 0 Å². The van der Waals surface area contributed by atoms with E-state index in [4.69, 9.17) is 5.11 Å². The highest BCUT2D eigenvalue weighted by atomic mass is 16.3. The number of aliphatic hydroxyl groups excluding tert-OH is 1. The third-order valence-corrected chi connectivity index (χ3v) is 3.99. The molecule has 0 radical (unpaired) electrons. The standard InChI is InChI=1S/C17H21N3O/c1-14-11-15(13-21)12-18-17(14)20-9-7-19(8-10-20)16-5-3-2-4-6-16/h2-6,11-12,21H,7-10,13H2,1H3. The number of hydrogen-bond acceptors (Lipinski definition) is 4. The number of aryl methyl sites for hydroxylation is 1. The second-order valence-corrected chi connectivity index (χ2v) is 5.45. The number of aromatic nitrogens is 1. The third kappa shape index (κ3) is 3.00. The van der Waals surface area contributed by atoms with Crippen LogP contribution in [0.3, 0.4) is 0 Å². The number of anilines is 2. The van der Waals surface area contributed by atoms with Gasteiger partial charge in [0.2, 0.25) is 0 Å². The largest absolute Gasteiger partial charge is 0.392 e. The van der Waals surface area contributed by atoms with Gasteiger partial charge < -0.3 is 14.9 Å². The maximum absolute atomic E-state index is 9.16. The molecule has 1 saturated heterocycles. The van der Waals surface area contributed by atoms with E-state index < -0.39 is 0 Å². The Hall–Kier alpha value is -2.07. The summed E-state index contributed by atoms with van der Waals surface area (Å²) in [5.41, 5.74) is 3.30. The lowest BCUT2D eigenvalue weighted by atomic mass is 10.2. The molecule has 2 heterocycles. The van der Waals surface area contributed by atoms with Crippen LogP contribution in [0.5, 0.6) is 0 Å². The quantitative estimate of drug-likeness (QED) is 0.937. The molecule has 0 saturated carbocycles. The lowest BCUT2D eigenvalue weighted by molar-refractivity contribution is 0.281. The molecule has 0 atom stereocenters.